The predicted octanol–water partition coefficient (Wildman–Crippen LogP) is 1.97. The van der Waals surface area contributed by atoms with E-state index < -0.39 is 10.1 Å². The van der Waals surface area contributed by atoms with E-state index in [1.807, 2.05) is 19.1 Å². The Balaban J connectivity index is 3.08. The molecule has 0 fully saturated rings. The molecule has 0 atom stereocenters. The number of hydrogen-bond acceptors (Lipinski definition) is 2. The Morgan fingerprint density at radius 3 is 2.15 bits per heavy atom. The van der Waals surface area contributed by atoms with Crippen LogP contribution in [-0.4, -0.2) is 13.0 Å². The van der Waals surface area contributed by atoms with Crippen LogP contribution in [0, 0.1) is 0 Å². The average molecular weight is 198 g/mol. The molecular weight excluding hydrogens is 188 g/mol. The highest BCUT2D eigenvalue weighted by Crippen LogP contribution is 2.10. The van der Waals surface area contributed by atoms with Gasteiger partial charge in [-0.25, -0.2) is 0 Å². The Morgan fingerprint density at radius 1 is 1.23 bits per heavy atom. The van der Waals surface area contributed by atoms with E-state index in [1.165, 1.54) is 12.1 Å². The second-order valence-electron chi connectivity index (χ2n) is 2.54. The van der Waals surface area contributed by atoms with Gasteiger partial charge in [-0.3, -0.25) is 4.55 Å². The minimum absolute atomic E-state index is 0.0826. The molecule has 0 spiro atoms. The van der Waals surface area contributed by atoms with Gasteiger partial charge in [0.25, 0.3) is 10.1 Å². The fraction of sp³-hybridized carbons (Fsp3) is 0.111. The van der Waals surface area contributed by atoms with Gasteiger partial charge in [0.05, 0.1) is 4.90 Å². The van der Waals surface area contributed by atoms with Crippen molar-refractivity contribution in [3.8, 4) is 0 Å². The van der Waals surface area contributed by atoms with E-state index in [0.29, 0.717) is 0 Å². The Bertz CT molecular complexity index is 401. The van der Waals surface area contributed by atoms with E-state index in [-0.39, 0.29) is 4.90 Å². The molecule has 1 rings (SSSR count). The monoisotopic (exact) mass is 198 g/mol. The van der Waals surface area contributed by atoms with Crippen LogP contribution in [0.1, 0.15) is 12.5 Å². The third kappa shape index (κ3) is 2.68. The molecule has 1 aromatic carbocycles. The first-order chi connectivity index (χ1) is 6.04. The Hall–Kier alpha value is -1.13. The third-order valence-electron chi connectivity index (χ3n) is 1.54. The van der Waals surface area contributed by atoms with Crippen molar-refractivity contribution in [1.29, 1.82) is 0 Å². The molecule has 3 nitrogen and oxygen atoms in total. The maximum Gasteiger partial charge on any atom is 0.294 e. The summed E-state index contributed by atoms with van der Waals surface area (Å²) in [4.78, 5) is -0.0826. The molecule has 1 aromatic rings. The molecular formula is C9H10O3S. The molecule has 0 aliphatic rings. The molecule has 0 aliphatic heterocycles. The van der Waals surface area contributed by atoms with Gasteiger partial charge in [-0.1, -0.05) is 24.3 Å². The van der Waals surface area contributed by atoms with Crippen LogP contribution >= 0.6 is 0 Å². The summed E-state index contributed by atoms with van der Waals surface area (Å²) >= 11 is 0. The molecule has 0 aromatic heterocycles. The lowest BCUT2D eigenvalue weighted by Gasteiger charge is -1.96. The average Bonchev–Trinajstić information content (AvgIpc) is 2.04. The van der Waals surface area contributed by atoms with Gasteiger partial charge in [-0.15, -0.1) is 0 Å². The molecule has 0 saturated carbocycles. The van der Waals surface area contributed by atoms with E-state index in [9.17, 15) is 8.42 Å². The number of allylic oxidation sites excluding steroid dienone is 1. The van der Waals surface area contributed by atoms with Crippen LogP contribution in [0.5, 0.6) is 0 Å². The van der Waals surface area contributed by atoms with Crippen LogP contribution in [-0.2, 0) is 10.1 Å². The summed E-state index contributed by atoms with van der Waals surface area (Å²) in [6.45, 7) is 1.87. The molecule has 0 amide bonds. The van der Waals surface area contributed by atoms with Crippen LogP contribution in [0.3, 0.4) is 0 Å². The summed E-state index contributed by atoms with van der Waals surface area (Å²) in [5.41, 5.74) is 0.898. The summed E-state index contributed by atoms with van der Waals surface area (Å²) in [6, 6.07) is 5.99. The fourth-order valence-electron chi connectivity index (χ4n) is 0.943. The van der Waals surface area contributed by atoms with E-state index in [2.05, 4.69) is 0 Å². The van der Waals surface area contributed by atoms with E-state index in [1.54, 1.807) is 12.1 Å². The SMILES string of the molecule is CC=Cc1ccc(S(=O)(=O)O)cc1. The Labute approximate surface area is 77.5 Å². The standard InChI is InChI=1S/C9H10O3S/c1-2-3-8-4-6-9(7-5-8)13(10,11)12/h2-7H,1H3,(H,10,11,12). The molecule has 0 aliphatic carbocycles. The second-order valence-corrected chi connectivity index (χ2v) is 3.97. The number of rotatable bonds is 2. The lowest BCUT2D eigenvalue weighted by molar-refractivity contribution is 0.483. The largest absolute Gasteiger partial charge is 0.294 e. The first kappa shape index (κ1) is 9.95. The highest BCUT2D eigenvalue weighted by atomic mass is 32.2. The quantitative estimate of drug-likeness (QED) is 0.739. The summed E-state index contributed by atoms with van der Waals surface area (Å²) in [5, 5.41) is 0. The molecule has 0 radical (unpaired) electrons. The van der Waals surface area contributed by atoms with Crippen molar-refractivity contribution in [2.75, 3.05) is 0 Å². The van der Waals surface area contributed by atoms with Gasteiger partial charge in [0.1, 0.15) is 0 Å². The summed E-state index contributed by atoms with van der Waals surface area (Å²) in [5.74, 6) is 0. The van der Waals surface area contributed by atoms with E-state index in [4.69, 9.17) is 4.55 Å². The van der Waals surface area contributed by atoms with E-state index >= 15 is 0 Å². The smallest absolute Gasteiger partial charge is 0.282 e. The van der Waals surface area contributed by atoms with Crippen LogP contribution in [0.15, 0.2) is 35.2 Å². The minimum atomic E-state index is -4.06. The van der Waals surface area contributed by atoms with Crippen molar-refractivity contribution >= 4 is 16.2 Å². The van der Waals surface area contributed by atoms with Gasteiger partial charge < -0.3 is 0 Å². The molecule has 0 unspecified atom stereocenters. The van der Waals surface area contributed by atoms with Gasteiger partial charge in [0.2, 0.25) is 0 Å². The van der Waals surface area contributed by atoms with Crippen LogP contribution in [0.25, 0.3) is 6.08 Å². The third-order valence-corrected chi connectivity index (χ3v) is 2.40. The number of hydrogen-bond donors (Lipinski definition) is 1. The molecule has 13 heavy (non-hydrogen) atoms. The Kier molecular flexibility index (Phi) is 2.85. The second kappa shape index (κ2) is 3.72. The number of benzene rings is 1. The van der Waals surface area contributed by atoms with Crippen LogP contribution in [0.4, 0.5) is 0 Å². The first-order valence-corrected chi connectivity index (χ1v) is 5.18. The highest BCUT2D eigenvalue weighted by molar-refractivity contribution is 7.85. The van der Waals surface area contributed by atoms with Crippen molar-refractivity contribution in [1.82, 2.24) is 0 Å². The van der Waals surface area contributed by atoms with Gasteiger partial charge >= 0.3 is 0 Å². The summed E-state index contributed by atoms with van der Waals surface area (Å²) in [6.07, 6.45) is 3.69. The summed E-state index contributed by atoms with van der Waals surface area (Å²) < 4.78 is 29.9. The highest BCUT2D eigenvalue weighted by Gasteiger charge is 2.07. The summed E-state index contributed by atoms with van der Waals surface area (Å²) in [7, 11) is -4.06. The molecule has 4 heteroatoms. The molecule has 0 bridgehead atoms. The van der Waals surface area contributed by atoms with Gasteiger partial charge in [-0.05, 0) is 24.6 Å². The topological polar surface area (TPSA) is 54.4 Å². The lowest BCUT2D eigenvalue weighted by Crippen LogP contribution is -1.96. The molecule has 0 heterocycles. The molecule has 1 N–H and O–H groups in total. The van der Waals surface area contributed by atoms with Gasteiger partial charge in [-0.2, -0.15) is 8.42 Å². The first-order valence-electron chi connectivity index (χ1n) is 3.74. The fourth-order valence-corrected chi connectivity index (χ4v) is 1.42. The van der Waals surface area contributed by atoms with Crippen molar-refractivity contribution in [2.45, 2.75) is 11.8 Å². The zero-order valence-electron chi connectivity index (χ0n) is 7.14. The lowest BCUT2D eigenvalue weighted by atomic mass is 10.2. The van der Waals surface area contributed by atoms with Crippen LogP contribution in [0.2, 0.25) is 0 Å². The maximum atomic E-state index is 10.6. The zero-order valence-corrected chi connectivity index (χ0v) is 7.95. The zero-order chi connectivity index (χ0) is 9.90. The molecule has 70 valence electrons. The normalized spacial score (nSPS) is 12.2. The maximum absolute atomic E-state index is 10.6. The molecule has 0 saturated heterocycles. The van der Waals surface area contributed by atoms with Crippen molar-refractivity contribution in [3.63, 3.8) is 0 Å². The van der Waals surface area contributed by atoms with E-state index in [0.717, 1.165) is 5.56 Å². The van der Waals surface area contributed by atoms with Crippen molar-refractivity contribution < 1.29 is 13.0 Å². The predicted molar refractivity (Wildman–Crippen MR) is 51.0 cm³/mol. The van der Waals surface area contributed by atoms with Crippen LogP contribution < -0.4 is 0 Å². The van der Waals surface area contributed by atoms with Crippen molar-refractivity contribution in [3.05, 3.63) is 35.9 Å². The minimum Gasteiger partial charge on any atom is -0.282 e. The van der Waals surface area contributed by atoms with Gasteiger partial charge in [0, 0.05) is 0 Å². The van der Waals surface area contributed by atoms with Gasteiger partial charge in [0.15, 0.2) is 0 Å². The Morgan fingerprint density at radius 2 is 1.77 bits per heavy atom. The van der Waals surface area contributed by atoms with Crippen molar-refractivity contribution in [2.24, 2.45) is 0 Å².